The lowest BCUT2D eigenvalue weighted by Gasteiger charge is -2.37. The van der Waals surface area contributed by atoms with Gasteiger partial charge in [-0.05, 0) is 56.5 Å². The Hall–Kier alpha value is -2.57. The molecule has 6 heteroatoms. The highest BCUT2D eigenvalue weighted by Crippen LogP contribution is 2.35. The molecule has 32 heavy (non-hydrogen) atoms. The smallest absolute Gasteiger partial charge is 0.253 e. The highest BCUT2D eigenvalue weighted by molar-refractivity contribution is 5.95. The van der Waals surface area contributed by atoms with Crippen molar-refractivity contribution in [1.29, 1.82) is 0 Å². The molecule has 1 atom stereocenters. The Morgan fingerprint density at radius 1 is 1.12 bits per heavy atom. The van der Waals surface area contributed by atoms with Crippen molar-refractivity contribution in [3.63, 3.8) is 0 Å². The number of ether oxygens (including phenoxy) is 2. The van der Waals surface area contributed by atoms with Crippen LogP contribution in [0.5, 0.6) is 5.75 Å². The van der Waals surface area contributed by atoms with Gasteiger partial charge in [0, 0.05) is 32.2 Å². The number of amides is 1. The van der Waals surface area contributed by atoms with E-state index in [0.29, 0.717) is 18.7 Å². The summed E-state index contributed by atoms with van der Waals surface area (Å²) in [6.45, 7) is 8.35. The number of unbranched alkanes of at least 4 members (excludes halogenated alkanes) is 1. The number of carbonyl (C=O) groups excluding carboxylic acids is 1. The van der Waals surface area contributed by atoms with Crippen molar-refractivity contribution < 1.29 is 14.3 Å². The van der Waals surface area contributed by atoms with E-state index in [0.717, 1.165) is 62.7 Å². The molecule has 2 heterocycles. The number of fused-ring (bicyclic) bond motifs is 1. The minimum Gasteiger partial charge on any atom is -0.489 e. The van der Waals surface area contributed by atoms with Crippen LogP contribution in [0, 0.1) is 0 Å². The van der Waals surface area contributed by atoms with E-state index in [-0.39, 0.29) is 11.4 Å². The second-order valence-corrected chi connectivity index (χ2v) is 9.24. The monoisotopic (exact) mass is 437 g/mol. The van der Waals surface area contributed by atoms with Gasteiger partial charge in [0.05, 0.1) is 24.4 Å². The predicted molar refractivity (Wildman–Crippen MR) is 127 cm³/mol. The van der Waals surface area contributed by atoms with E-state index in [4.69, 9.17) is 9.47 Å². The Morgan fingerprint density at radius 3 is 2.69 bits per heavy atom. The van der Waals surface area contributed by atoms with E-state index in [1.807, 2.05) is 55.6 Å². The molecule has 2 aliphatic rings. The van der Waals surface area contributed by atoms with Crippen LogP contribution in [0.3, 0.4) is 0 Å². The molecule has 2 aromatic rings. The number of carbonyl (C=O) groups is 1. The van der Waals surface area contributed by atoms with Crippen LogP contribution in [0.2, 0.25) is 0 Å². The molecule has 1 amide bonds. The van der Waals surface area contributed by atoms with E-state index in [9.17, 15) is 4.79 Å². The van der Waals surface area contributed by atoms with Crippen molar-refractivity contribution >= 4 is 11.6 Å². The van der Waals surface area contributed by atoms with Gasteiger partial charge in [0.15, 0.2) is 0 Å². The number of nitrogens with zero attached hydrogens (tertiary/aromatic N) is 2. The fourth-order valence-corrected chi connectivity index (χ4v) is 4.44. The van der Waals surface area contributed by atoms with Crippen LogP contribution in [-0.4, -0.2) is 67.7 Å². The molecule has 0 aromatic heterocycles. The van der Waals surface area contributed by atoms with Gasteiger partial charge in [-0.3, -0.25) is 9.69 Å². The van der Waals surface area contributed by atoms with E-state index >= 15 is 0 Å². The van der Waals surface area contributed by atoms with Crippen molar-refractivity contribution in [2.75, 3.05) is 51.8 Å². The quantitative estimate of drug-likeness (QED) is 0.632. The van der Waals surface area contributed by atoms with Crippen LogP contribution >= 0.6 is 0 Å². The maximum atomic E-state index is 13.0. The summed E-state index contributed by atoms with van der Waals surface area (Å²) in [5.74, 6) is 0.828. The van der Waals surface area contributed by atoms with Crippen LogP contribution in [-0.2, 0) is 11.3 Å². The van der Waals surface area contributed by atoms with Gasteiger partial charge in [0.2, 0.25) is 0 Å². The van der Waals surface area contributed by atoms with Crippen molar-refractivity contribution in [1.82, 2.24) is 9.80 Å². The maximum Gasteiger partial charge on any atom is 0.253 e. The van der Waals surface area contributed by atoms with E-state index in [1.54, 1.807) is 4.90 Å². The normalized spacial score (nSPS) is 20.7. The molecule has 0 aliphatic carbocycles. The predicted octanol–water partition coefficient (Wildman–Crippen LogP) is 4.02. The van der Waals surface area contributed by atoms with Crippen molar-refractivity contribution in [3.8, 4) is 5.75 Å². The third-order valence-electron chi connectivity index (χ3n) is 6.38. The second-order valence-electron chi connectivity index (χ2n) is 9.24. The zero-order valence-corrected chi connectivity index (χ0v) is 19.3. The molecule has 0 saturated carbocycles. The third-order valence-corrected chi connectivity index (χ3v) is 6.38. The fraction of sp³-hybridized carbons (Fsp3) is 0.500. The van der Waals surface area contributed by atoms with E-state index in [1.165, 1.54) is 6.42 Å². The van der Waals surface area contributed by atoms with Crippen LogP contribution in [0.1, 0.15) is 42.1 Å². The van der Waals surface area contributed by atoms with Gasteiger partial charge in [0.1, 0.15) is 12.4 Å². The molecule has 0 radical (unpaired) electrons. The first-order chi connectivity index (χ1) is 15.5. The minimum atomic E-state index is -0.129. The van der Waals surface area contributed by atoms with Gasteiger partial charge in [0.25, 0.3) is 5.91 Å². The van der Waals surface area contributed by atoms with E-state index < -0.39 is 0 Å². The molecule has 6 nitrogen and oxygen atoms in total. The lowest BCUT2D eigenvalue weighted by atomic mass is 9.93. The number of morpholine rings is 1. The zero-order chi connectivity index (χ0) is 22.4. The summed E-state index contributed by atoms with van der Waals surface area (Å²) in [6, 6.07) is 15.8. The first-order valence-corrected chi connectivity index (χ1v) is 11.7. The van der Waals surface area contributed by atoms with Gasteiger partial charge in [-0.15, -0.1) is 0 Å². The molecule has 1 fully saturated rings. The van der Waals surface area contributed by atoms with Crippen LogP contribution in [0.4, 0.5) is 5.69 Å². The Labute approximate surface area is 191 Å². The standard InChI is InChI=1S/C26H35N3O3/c1-26(12-6-7-13-29-14-16-31-17-15-29)20-32-24-11-10-22(18-23(24)27-26)25(30)28(2)19-21-8-4-3-5-9-21/h3-5,8-11,18,27H,6-7,12-17,19-20H2,1-2H3. The van der Waals surface area contributed by atoms with E-state index in [2.05, 4.69) is 17.1 Å². The molecule has 2 aromatic carbocycles. The van der Waals surface area contributed by atoms with Crippen molar-refractivity contribution in [2.24, 2.45) is 0 Å². The van der Waals surface area contributed by atoms with Gasteiger partial charge < -0.3 is 19.7 Å². The average Bonchev–Trinajstić information content (AvgIpc) is 2.82. The van der Waals surface area contributed by atoms with Gasteiger partial charge >= 0.3 is 0 Å². The van der Waals surface area contributed by atoms with Crippen molar-refractivity contribution in [2.45, 2.75) is 38.3 Å². The second kappa shape index (κ2) is 10.4. The molecule has 1 unspecified atom stereocenters. The maximum absolute atomic E-state index is 13.0. The summed E-state index contributed by atoms with van der Waals surface area (Å²) < 4.78 is 11.5. The number of benzene rings is 2. The first-order valence-electron chi connectivity index (χ1n) is 11.7. The zero-order valence-electron chi connectivity index (χ0n) is 19.3. The molecule has 4 rings (SSSR count). The third kappa shape index (κ3) is 5.81. The lowest BCUT2D eigenvalue weighted by Crippen LogP contribution is -2.44. The highest BCUT2D eigenvalue weighted by Gasteiger charge is 2.31. The Bertz CT molecular complexity index is 898. The fourth-order valence-electron chi connectivity index (χ4n) is 4.44. The number of rotatable bonds is 8. The number of nitrogens with one attached hydrogen (secondary N) is 1. The topological polar surface area (TPSA) is 54.0 Å². The molecule has 172 valence electrons. The first kappa shape index (κ1) is 22.6. The molecule has 1 N–H and O–H groups in total. The summed E-state index contributed by atoms with van der Waals surface area (Å²) in [4.78, 5) is 17.2. The molecule has 0 spiro atoms. The van der Waals surface area contributed by atoms with Gasteiger partial charge in [-0.2, -0.15) is 0 Å². The van der Waals surface area contributed by atoms with Crippen LogP contribution < -0.4 is 10.1 Å². The SMILES string of the molecule is CN(Cc1ccccc1)C(=O)c1ccc2c(c1)NC(C)(CCCCN1CCOCC1)CO2. The Morgan fingerprint density at radius 2 is 1.91 bits per heavy atom. The van der Waals surface area contributed by atoms with Gasteiger partial charge in [-0.1, -0.05) is 30.3 Å². The van der Waals surface area contributed by atoms with Crippen LogP contribution in [0.15, 0.2) is 48.5 Å². The number of hydrogen-bond acceptors (Lipinski definition) is 5. The molecular formula is C26H35N3O3. The average molecular weight is 438 g/mol. The molecular weight excluding hydrogens is 402 g/mol. The lowest BCUT2D eigenvalue weighted by molar-refractivity contribution is 0.0369. The number of anilines is 1. The highest BCUT2D eigenvalue weighted by atomic mass is 16.5. The summed E-state index contributed by atoms with van der Waals surface area (Å²) >= 11 is 0. The summed E-state index contributed by atoms with van der Waals surface area (Å²) in [5.41, 5.74) is 2.57. The molecule has 0 bridgehead atoms. The number of hydrogen-bond donors (Lipinski definition) is 1. The van der Waals surface area contributed by atoms with Gasteiger partial charge in [-0.25, -0.2) is 0 Å². The summed E-state index contributed by atoms with van der Waals surface area (Å²) in [7, 11) is 1.84. The Kier molecular flexibility index (Phi) is 7.33. The van der Waals surface area contributed by atoms with Crippen LogP contribution in [0.25, 0.3) is 0 Å². The minimum absolute atomic E-state index is 0.0104. The molecule has 2 aliphatic heterocycles. The summed E-state index contributed by atoms with van der Waals surface area (Å²) in [5, 5.41) is 3.67. The Balaban J connectivity index is 1.33. The largest absolute Gasteiger partial charge is 0.489 e. The summed E-state index contributed by atoms with van der Waals surface area (Å²) in [6.07, 6.45) is 3.34. The molecule has 1 saturated heterocycles. The van der Waals surface area contributed by atoms with Crippen molar-refractivity contribution in [3.05, 3.63) is 59.7 Å².